The number of carbonyl (C=O) groups excluding carboxylic acids is 2. The van der Waals surface area contributed by atoms with Crippen molar-refractivity contribution in [2.24, 2.45) is 0 Å². The highest BCUT2D eigenvalue weighted by atomic mass is 19.4. The Morgan fingerprint density at radius 2 is 1.60 bits per heavy atom. The molecule has 3 rings (SSSR count). The van der Waals surface area contributed by atoms with Crippen LogP contribution in [0.3, 0.4) is 0 Å². The molecule has 0 saturated carbocycles. The third-order valence-electron chi connectivity index (χ3n) is 4.83. The number of benzene rings is 2. The fourth-order valence-electron chi connectivity index (χ4n) is 3.19. The topological polar surface area (TPSA) is 83.5 Å². The van der Waals surface area contributed by atoms with Gasteiger partial charge in [-0.15, -0.1) is 0 Å². The average molecular weight is 503 g/mol. The van der Waals surface area contributed by atoms with E-state index in [1.165, 1.54) is 25.3 Å². The molecule has 0 atom stereocenters. The van der Waals surface area contributed by atoms with Crippen LogP contribution in [-0.4, -0.2) is 46.6 Å². The molecule has 2 aromatic rings. The first-order valence-electron chi connectivity index (χ1n) is 9.69. The number of ether oxygens (including phenoxy) is 5. The van der Waals surface area contributed by atoms with Gasteiger partial charge in [0.25, 0.3) is 0 Å². The summed E-state index contributed by atoms with van der Waals surface area (Å²) in [6.45, 7) is -0.650. The number of esters is 2. The minimum Gasteiger partial charge on any atom is -0.497 e. The van der Waals surface area contributed by atoms with Crippen LogP contribution in [0.25, 0.3) is 0 Å². The summed E-state index contributed by atoms with van der Waals surface area (Å²) >= 11 is 0. The fourth-order valence-corrected chi connectivity index (χ4v) is 3.19. The molecule has 2 aromatic carbocycles. The Labute approximate surface area is 195 Å². The Morgan fingerprint density at radius 3 is 2.14 bits per heavy atom. The van der Waals surface area contributed by atoms with Crippen LogP contribution in [0.1, 0.15) is 5.56 Å². The van der Waals surface area contributed by atoms with Crippen LogP contribution in [0.5, 0.6) is 17.2 Å². The largest absolute Gasteiger partial charge is 0.497 e. The molecule has 0 bridgehead atoms. The highest BCUT2D eigenvalue weighted by Gasteiger charge is 2.35. The van der Waals surface area contributed by atoms with E-state index in [-0.39, 0.29) is 53.9 Å². The van der Waals surface area contributed by atoms with Gasteiger partial charge >= 0.3 is 18.1 Å². The molecule has 188 valence electrons. The van der Waals surface area contributed by atoms with Gasteiger partial charge in [0, 0.05) is 6.07 Å². The first kappa shape index (κ1) is 25.7. The molecule has 13 heteroatoms. The van der Waals surface area contributed by atoms with Crippen LogP contribution in [-0.2, 0) is 30.0 Å². The average Bonchev–Trinajstić information content (AvgIpc) is 2.84. The predicted octanol–water partition coefficient (Wildman–Crippen LogP) is 4.18. The van der Waals surface area contributed by atoms with Crippen LogP contribution in [0.4, 0.5) is 27.6 Å². The van der Waals surface area contributed by atoms with Gasteiger partial charge in [0.05, 0.1) is 44.8 Å². The maximum Gasteiger partial charge on any atom is 0.416 e. The second kappa shape index (κ2) is 10.2. The molecular weight excluding hydrogens is 485 g/mol. The minimum absolute atomic E-state index is 0.0791. The molecule has 35 heavy (non-hydrogen) atoms. The lowest BCUT2D eigenvalue weighted by atomic mass is 10.1. The van der Waals surface area contributed by atoms with Gasteiger partial charge in [0.15, 0.2) is 23.1 Å². The zero-order valence-electron chi connectivity index (χ0n) is 18.5. The van der Waals surface area contributed by atoms with E-state index in [1.54, 1.807) is 0 Å². The predicted molar refractivity (Wildman–Crippen MR) is 109 cm³/mol. The molecular formula is C22H18F5NO7. The van der Waals surface area contributed by atoms with Crippen molar-refractivity contribution in [3.8, 4) is 17.2 Å². The van der Waals surface area contributed by atoms with E-state index in [0.717, 1.165) is 19.1 Å². The lowest BCUT2D eigenvalue weighted by Gasteiger charge is -2.32. The summed E-state index contributed by atoms with van der Waals surface area (Å²) < 4.78 is 92.8. The highest BCUT2D eigenvalue weighted by Crippen LogP contribution is 2.41. The number of anilines is 1. The van der Waals surface area contributed by atoms with Crippen LogP contribution in [0, 0.1) is 11.6 Å². The number of methoxy groups -OCH3 is 3. The number of halogens is 5. The lowest BCUT2D eigenvalue weighted by molar-refractivity contribution is -0.140. The second-order valence-corrected chi connectivity index (χ2v) is 6.92. The Hall–Kier alpha value is -3.87. The van der Waals surface area contributed by atoms with E-state index < -0.39 is 41.1 Å². The van der Waals surface area contributed by atoms with Gasteiger partial charge < -0.3 is 28.6 Å². The molecule has 0 fully saturated rings. The zero-order valence-corrected chi connectivity index (χ0v) is 18.5. The molecule has 0 radical (unpaired) electrons. The fraction of sp³-hybridized carbons (Fsp3) is 0.273. The smallest absolute Gasteiger partial charge is 0.416 e. The lowest BCUT2D eigenvalue weighted by Crippen LogP contribution is -2.39. The van der Waals surface area contributed by atoms with E-state index in [2.05, 4.69) is 4.74 Å². The van der Waals surface area contributed by atoms with Gasteiger partial charge in [-0.05, 0) is 24.3 Å². The van der Waals surface area contributed by atoms with Crippen LogP contribution >= 0.6 is 0 Å². The molecule has 0 amide bonds. The van der Waals surface area contributed by atoms with Crippen molar-refractivity contribution in [3.63, 3.8) is 0 Å². The SMILES string of the molecule is COC(=O)C1=C(C(=O)OC)N(c2cc(OC)ccc2Oc2c(F)cc(C(F)(F)F)cc2F)COC1. The maximum atomic E-state index is 14.4. The first-order valence-corrected chi connectivity index (χ1v) is 9.69. The molecule has 8 nitrogen and oxygen atoms in total. The van der Waals surface area contributed by atoms with Crippen LogP contribution < -0.4 is 14.4 Å². The van der Waals surface area contributed by atoms with E-state index in [9.17, 15) is 31.5 Å². The molecule has 0 aliphatic carbocycles. The van der Waals surface area contributed by atoms with Crippen molar-refractivity contribution < 1.29 is 55.2 Å². The molecule has 1 heterocycles. The van der Waals surface area contributed by atoms with Crippen molar-refractivity contribution in [1.29, 1.82) is 0 Å². The summed E-state index contributed by atoms with van der Waals surface area (Å²) in [5, 5.41) is 0. The molecule has 0 saturated heterocycles. The number of alkyl halides is 3. The molecule has 0 unspecified atom stereocenters. The van der Waals surface area contributed by atoms with Crippen LogP contribution in [0.2, 0.25) is 0 Å². The molecule has 0 N–H and O–H groups in total. The number of carbonyl (C=O) groups is 2. The van der Waals surface area contributed by atoms with Crippen molar-refractivity contribution >= 4 is 17.6 Å². The van der Waals surface area contributed by atoms with E-state index in [1.807, 2.05) is 0 Å². The summed E-state index contributed by atoms with van der Waals surface area (Å²) in [5.41, 5.74) is -2.15. The zero-order chi connectivity index (χ0) is 25.9. The summed E-state index contributed by atoms with van der Waals surface area (Å²) in [4.78, 5) is 25.9. The molecule has 1 aliphatic rings. The van der Waals surface area contributed by atoms with Gasteiger partial charge in [-0.25, -0.2) is 18.4 Å². The van der Waals surface area contributed by atoms with Gasteiger partial charge in [-0.1, -0.05) is 0 Å². The van der Waals surface area contributed by atoms with Crippen LogP contribution in [0.15, 0.2) is 41.6 Å². The maximum absolute atomic E-state index is 14.4. The van der Waals surface area contributed by atoms with Crippen molar-refractivity contribution in [3.05, 3.63) is 58.8 Å². The van der Waals surface area contributed by atoms with E-state index in [0.29, 0.717) is 0 Å². The minimum atomic E-state index is -4.98. The summed E-state index contributed by atoms with van der Waals surface area (Å²) in [6, 6.07) is 4.00. The Bertz CT molecular complexity index is 1160. The van der Waals surface area contributed by atoms with Crippen molar-refractivity contribution in [2.75, 3.05) is 39.6 Å². The van der Waals surface area contributed by atoms with Crippen molar-refractivity contribution in [1.82, 2.24) is 0 Å². The van der Waals surface area contributed by atoms with Gasteiger partial charge in [-0.3, -0.25) is 0 Å². The van der Waals surface area contributed by atoms with Gasteiger partial charge in [0.1, 0.15) is 18.2 Å². The summed E-state index contributed by atoms with van der Waals surface area (Å²) in [7, 11) is 3.46. The Morgan fingerprint density at radius 1 is 0.971 bits per heavy atom. The number of rotatable bonds is 6. The van der Waals surface area contributed by atoms with E-state index >= 15 is 0 Å². The third-order valence-corrected chi connectivity index (χ3v) is 4.83. The molecule has 0 aromatic heterocycles. The first-order chi connectivity index (χ1) is 16.5. The summed E-state index contributed by atoms with van der Waals surface area (Å²) in [6.07, 6.45) is -4.98. The normalized spacial score (nSPS) is 14.0. The quantitative estimate of drug-likeness (QED) is 0.429. The Kier molecular flexibility index (Phi) is 7.48. The van der Waals surface area contributed by atoms with E-state index in [4.69, 9.17) is 18.9 Å². The van der Waals surface area contributed by atoms with Gasteiger partial charge in [0.2, 0.25) is 0 Å². The third kappa shape index (κ3) is 5.29. The number of hydrogen-bond donors (Lipinski definition) is 0. The van der Waals surface area contributed by atoms with Crippen molar-refractivity contribution in [2.45, 2.75) is 6.18 Å². The standard InChI is InChI=1S/C22H18F5NO7/c1-31-12-4-5-17(35-19-14(23)6-11(7-15(19)24)22(25,26)27)16(8-12)28-10-34-9-13(20(29)32-2)18(28)21(30)33-3/h4-8H,9-10H2,1-3H3. The molecule has 0 spiro atoms. The number of nitrogens with zero attached hydrogens (tertiary/aromatic N) is 1. The summed E-state index contributed by atoms with van der Waals surface area (Å²) in [5.74, 6) is -6.33. The molecule has 1 aliphatic heterocycles. The second-order valence-electron chi connectivity index (χ2n) is 6.92. The van der Waals surface area contributed by atoms with Gasteiger partial charge in [-0.2, -0.15) is 13.2 Å². The highest BCUT2D eigenvalue weighted by molar-refractivity contribution is 6.03. The number of hydrogen-bond acceptors (Lipinski definition) is 8. The monoisotopic (exact) mass is 503 g/mol. The Balaban J connectivity index is 2.16.